The minimum Gasteiger partial charge on any atom is -0.309 e. The van der Waals surface area contributed by atoms with E-state index < -0.39 is 15.8 Å². The second-order valence-electron chi connectivity index (χ2n) is 5.74. The van der Waals surface area contributed by atoms with E-state index in [9.17, 15) is 12.8 Å². The molecule has 3 rings (SSSR count). The summed E-state index contributed by atoms with van der Waals surface area (Å²) >= 11 is 5.67. The maximum absolute atomic E-state index is 13.2. The van der Waals surface area contributed by atoms with Gasteiger partial charge in [0.15, 0.2) is 5.65 Å². The first-order chi connectivity index (χ1) is 11.8. The van der Waals surface area contributed by atoms with Crippen LogP contribution in [-0.2, 0) is 16.6 Å². The predicted octanol–water partition coefficient (Wildman–Crippen LogP) is 3.28. The lowest BCUT2D eigenvalue weighted by Gasteiger charge is -2.13. The van der Waals surface area contributed by atoms with Gasteiger partial charge in [0.25, 0.3) is 0 Å². The van der Waals surface area contributed by atoms with Crippen molar-refractivity contribution < 1.29 is 12.8 Å². The summed E-state index contributed by atoms with van der Waals surface area (Å²) in [5.41, 5.74) is 1.38. The van der Waals surface area contributed by atoms with Crippen molar-refractivity contribution in [1.29, 1.82) is 0 Å². The summed E-state index contributed by atoms with van der Waals surface area (Å²) in [4.78, 5) is 8.65. The number of halogens is 2. The molecule has 0 radical (unpaired) electrons. The predicted molar refractivity (Wildman–Crippen MR) is 93.3 cm³/mol. The van der Waals surface area contributed by atoms with Gasteiger partial charge in [-0.3, -0.25) is 0 Å². The Hall–Kier alpha value is -2.03. The van der Waals surface area contributed by atoms with Gasteiger partial charge in [0.1, 0.15) is 17.2 Å². The van der Waals surface area contributed by atoms with E-state index in [1.54, 1.807) is 12.3 Å². The highest BCUT2D eigenvalue weighted by atomic mass is 35.5. The third-order valence-electron chi connectivity index (χ3n) is 3.66. The molecule has 0 aliphatic carbocycles. The molecule has 2 heterocycles. The van der Waals surface area contributed by atoms with Crippen LogP contribution in [0.2, 0.25) is 5.02 Å². The van der Waals surface area contributed by atoms with E-state index in [-0.39, 0.29) is 22.5 Å². The molecule has 0 fully saturated rings. The van der Waals surface area contributed by atoms with Gasteiger partial charge in [0, 0.05) is 12.2 Å². The highest BCUT2D eigenvalue weighted by Crippen LogP contribution is 2.21. The van der Waals surface area contributed by atoms with Gasteiger partial charge < -0.3 is 4.57 Å². The number of hydrogen-bond donors (Lipinski definition) is 1. The van der Waals surface area contributed by atoms with Gasteiger partial charge in [-0.25, -0.2) is 27.5 Å². The molecule has 6 nitrogen and oxygen atoms in total. The van der Waals surface area contributed by atoms with Crippen LogP contribution in [0.25, 0.3) is 11.2 Å². The monoisotopic (exact) mass is 382 g/mol. The number of aromatic nitrogens is 3. The van der Waals surface area contributed by atoms with Crippen molar-refractivity contribution in [2.75, 3.05) is 0 Å². The fourth-order valence-corrected chi connectivity index (χ4v) is 3.78. The third kappa shape index (κ3) is 3.51. The second kappa shape index (κ2) is 6.70. The van der Waals surface area contributed by atoms with Crippen molar-refractivity contribution in [2.24, 2.45) is 0 Å². The minimum atomic E-state index is -3.85. The molecular weight excluding hydrogens is 367 g/mol. The maximum atomic E-state index is 13.2. The zero-order chi connectivity index (χ0) is 18.2. The number of rotatable bonds is 5. The molecule has 132 valence electrons. The van der Waals surface area contributed by atoms with Crippen LogP contribution in [0.1, 0.15) is 25.7 Å². The van der Waals surface area contributed by atoms with Crippen LogP contribution >= 0.6 is 11.6 Å². The van der Waals surface area contributed by atoms with Crippen molar-refractivity contribution >= 4 is 32.8 Å². The molecule has 0 aliphatic heterocycles. The molecule has 3 aromatic rings. The quantitative estimate of drug-likeness (QED) is 0.734. The summed E-state index contributed by atoms with van der Waals surface area (Å²) in [6.45, 7) is 3.91. The largest absolute Gasteiger partial charge is 0.309 e. The molecule has 0 saturated carbocycles. The van der Waals surface area contributed by atoms with E-state index >= 15 is 0 Å². The van der Waals surface area contributed by atoms with Gasteiger partial charge >= 0.3 is 0 Å². The molecule has 25 heavy (non-hydrogen) atoms. The number of imidazole rings is 1. The summed E-state index contributed by atoms with van der Waals surface area (Å²) in [5.74, 6) is -0.131. The normalized spacial score (nSPS) is 12.2. The lowest BCUT2D eigenvalue weighted by molar-refractivity contribution is 0.556. The molecule has 1 N–H and O–H groups in total. The van der Waals surface area contributed by atoms with Gasteiger partial charge in [-0.2, -0.15) is 0 Å². The van der Waals surface area contributed by atoms with Crippen LogP contribution in [0.3, 0.4) is 0 Å². The number of fused-ring (bicyclic) bond motifs is 1. The molecule has 2 aromatic heterocycles. The lowest BCUT2D eigenvalue weighted by Crippen LogP contribution is -2.25. The highest BCUT2D eigenvalue weighted by Gasteiger charge is 2.19. The Balaban J connectivity index is 1.91. The Kier molecular flexibility index (Phi) is 4.77. The first kappa shape index (κ1) is 17.8. The van der Waals surface area contributed by atoms with E-state index in [2.05, 4.69) is 14.7 Å². The Bertz CT molecular complexity index is 1030. The minimum absolute atomic E-state index is 0.0220. The van der Waals surface area contributed by atoms with Crippen LogP contribution in [0.5, 0.6) is 0 Å². The molecule has 1 aromatic carbocycles. The van der Waals surface area contributed by atoms with Gasteiger partial charge in [0.05, 0.1) is 16.5 Å². The standard InChI is InChI=1S/C16H16ClFN4O2S/c1-10(2)22-15(21-14-4-3-7-19-16(14)22)9-20-25(23,24)11-5-6-13(18)12(17)8-11/h3-8,10,20H,9H2,1-2H3. The van der Waals surface area contributed by atoms with Gasteiger partial charge in [-0.05, 0) is 44.2 Å². The van der Waals surface area contributed by atoms with E-state index in [0.29, 0.717) is 17.0 Å². The van der Waals surface area contributed by atoms with Crippen LogP contribution in [-0.4, -0.2) is 23.0 Å². The van der Waals surface area contributed by atoms with Crippen LogP contribution < -0.4 is 4.72 Å². The summed E-state index contributed by atoms with van der Waals surface area (Å²) in [7, 11) is -3.85. The maximum Gasteiger partial charge on any atom is 0.241 e. The molecule has 0 amide bonds. The fraction of sp³-hybridized carbons (Fsp3) is 0.250. The number of hydrogen-bond acceptors (Lipinski definition) is 4. The van der Waals surface area contributed by atoms with E-state index in [1.807, 2.05) is 24.5 Å². The third-order valence-corrected chi connectivity index (χ3v) is 5.35. The highest BCUT2D eigenvalue weighted by molar-refractivity contribution is 7.89. The Morgan fingerprint density at radius 3 is 2.76 bits per heavy atom. The van der Waals surface area contributed by atoms with Crippen molar-refractivity contribution in [1.82, 2.24) is 19.3 Å². The van der Waals surface area contributed by atoms with Gasteiger partial charge in [-0.15, -0.1) is 0 Å². The summed E-state index contributed by atoms with van der Waals surface area (Å²) in [6, 6.07) is 6.90. The van der Waals surface area contributed by atoms with Crippen molar-refractivity contribution in [3.05, 3.63) is 53.2 Å². The molecule has 0 aliphatic rings. The molecule has 0 spiro atoms. The molecule has 0 bridgehead atoms. The zero-order valence-corrected chi connectivity index (χ0v) is 15.1. The smallest absolute Gasteiger partial charge is 0.241 e. The Labute approximate surface area is 149 Å². The number of benzene rings is 1. The summed E-state index contributed by atoms with van der Waals surface area (Å²) in [5, 5.41) is -0.249. The Morgan fingerprint density at radius 1 is 1.32 bits per heavy atom. The Morgan fingerprint density at radius 2 is 2.08 bits per heavy atom. The fourth-order valence-electron chi connectivity index (χ4n) is 2.53. The first-order valence-corrected chi connectivity index (χ1v) is 9.42. The topological polar surface area (TPSA) is 76.9 Å². The summed E-state index contributed by atoms with van der Waals surface area (Å²) < 4.78 is 42.4. The van der Waals surface area contributed by atoms with Crippen molar-refractivity contribution in [2.45, 2.75) is 31.3 Å². The van der Waals surface area contributed by atoms with E-state index in [4.69, 9.17) is 11.6 Å². The first-order valence-electron chi connectivity index (χ1n) is 7.56. The average molecular weight is 383 g/mol. The van der Waals surface area contributed by atoms with Crippen molar-refractivity contribution in [3.8, 4) is 0 Å². The lowest BCUT2D eigenvalue weighted by atomic mass is 10.3. The van der Waals surface area contributed by atoms with Gasteiger partial charge in [0.2, 0.25) is 10.0 Å². The number of nitrogens with one attached hydrogen (secondary N) is 1. The van der Waals surface area contributed by atoms with Crippen LogP contribution in [0.4, 0.5) is 4.39 Å². The zero-order valence-electron chi connectivity index (χ0n) is 13.6. The van der Waals surface area contributed by atoms with Crippen LogP contribution in [0, 0.1) is 5.82 Å². The SMILES string of the molecule is CC(C)n1c(CNS(=O)(=O)c2ccc(F)c(Cl)c2)nc2cccnc21. The second-order valence-corrected chi connectivity index (χ2v) is 7.91. The number of sulfonamides is 1. The summed E-state index contributed by atoms with van der Waals surface area (Å²) in [6.07, 6.45) is 1.66. The number of pyridine rings is 1. The molecule has 9 heteroatoms. The molecule has 0 unspecified atom stereocenters. The molecule has 0 saturated heterocycles. The van der Waals surface area contributed by atoms with E-state index in [1.165, 1.54) is 0 Å². The molecular formula is C16H16ClFN4O2S. The van der Waals surface area contributed by atoms with Crippen molar-refractivity contribution in [3.63, 3.8) is 0 Å². The van der Waals surface area contributed by atoms with Crippen LogP contribution in [0.15, 0.2) is 41.4 Å². The molecule has 0 atom stereocenters. The average Bonchev–Trinajstić information content (AvgIpc) is 2.94. The van der Waals surface area contributed by atoms with Gasteiger partial charge in [-0.1, -0.05) is 11.6 Å². The van der Waals surface area contributed by atoms with E-state index in [0.717, 1.165) is 18.2 Å². The number of nitrogens with zero attached hydrogens (tertiary/aromatic N) is 3.